The van der Waals surface area contributed by atoms with E-state index in [2.05, 4.69) is 5.32 Å². The summed E-state index contributed by atoms with van der Waals surface area (Å²) >= 11 is 0. The second-order valence-electron chi connectivity index (χ2n) is 4.18. The lowest BCUT2D eigenvalue weighted by Crippen LogP contribution is -2.39. The van der Waals surface area contributed by atoms with Gasteiger partial charge in [-0.1, -0.05) is 0 Å². The molecule has 1 aromatic rings. The molecule has 0 saturated carbocycles. The number of benzene rings is 1. The van der Waals surface area contributed by atoms with E-state index in [1.165, 1.54) is 12.1 Å². The Hall–Kier alpha value is -1.55. The van der Waals surface area contributed by atoms with Crippen molar-refractivity contribution in [2.24, 2.45) is 0 Å². The predicted molar refractivity (Wildman–Crippen MR) is 60.3 cm³/mol. The number of phenols is 1. The number of phenolic OH excluding ortho intramolecular Hbond substituents is 1. The molecular weight excluding hydrogens is 206 g/mol. The fourth-order valence-corrected chi connectivity index (χ4v) is 1.77. The predicted octanol–water partition coefficient (Wildman–Crippen LogP) is 1.90. The maximum Gasteiger partial charge on any atom is 0.256 e. The minimum absolute atomic E-state index is 0.129. The van der Waals surface area contributed by atoms with Crippen LogP contribution in [0.5, 0.6) is 5.75 Å². The van der Waals surface area contributed by atoms with Crippen molar-refractivity contribution >= 4 is 11.6 Å². The number of carbonyl (C=O) groups excluding carboxylic acids is 1. The van der Waals surface area contributed by atoms with Gasteiger partial charge in [-0.15, -0.1) is 0 Å². The highest BCUT2D eigenvalue weighted by Gasteiger charge is 2.37. The number of hydrogen-bond donors (Lipinski definition) is 2. The third-order valence-electron chi connectivity index (χ3n) is 2.82. The summed E-state index contributed by atoms with van der Waals surface area (Å²) in [7, 11) is 0. The van der Waals surface area contributed by atoms with E-state index in [0.29, 0.717) is 12.3 Å². The largest absolute Gasteiger partial charge is 0.508 e. The van der Waals surface area contributed by atoms with Gasteiger partial charge in [-0.2, -0.15) is 0 Å². The molecule has 4 nitrogen and oxygen atoms in total. The van der Waals surface area contributed by atoms with Crippen LogP contribution in [0.25, 0.3) is 0 Å². The number of amides is 1. The lowest BCUT2D eigenvalue weighted by Gasteiger charge is -2.21. The van der Waals surface area contributed by atoms with E-state index in [-0.39, 0.29) is 11.7 Å². The summed E-state index contributed by atoms with van der Waals surface area (Å²) in [4.78, 5) is 11.9. The van der Waals surface area contributed by atoms with E-state index in [9.17, 15) is 4.79 Å². The van der Waals surface area contributed by atoms with Crippen molar-refractivity contribution in [3.8, 4) is 5.75 Å². The molecular formula is C12H15NO3. The van der Waals surface area contributed by atoms with Crippen molar-refractivity contribution in [1.29, 1.82) is 0 Å². The van der Waals surface area contributed by atoms with Crippen molar-refractivity contribution in [3.05, 3.63) is 24.3 Å². The van der Waals surface area contributed by atoms with Gasteiger partial charge in [0, 0.05) is 12.3 Å². The Bertz CT molecular complexity index is 380. The van der Waals surface area contributed by atoms with Crippen LogP contribution >= 0.6 is 0 Å². The van der Waals surface area contributed by atoms with Crippen molar-refractivity contribution in [1.82, 2.24) is 0 Å². The zero-order chi connectivity index (χ0) is 11.6. The average molecular weight is 221 g/mol. The number of nitrogens with one attached hydrogen (secondary N) is 1. The van der Waals surface area contributed by atoms with Gasteiger partial charge in [0.2, 0.25) is 0 Å². The smallest absolute Gasteiger partial charge is 0.256 e. The quantitative estimate of drug-likeness (QED) is 0.750. The molecule has 1 aliphatic heterocycles. The molecule has 16 heavy (non-hydrogen) atoms. The van der Waals surface area contributed by atoms with Crippen LogP contribution < -0.4 is 5.32 Å². The van der Waals surface area contributed by atoms with Crippen LogP contribution in [0.1, 0.15) is 19.8 Å². The molecule has 1 unspecified atom stereocenters. The number of hydrogen-bond acceptors (Lipinski definition) is 3. The van der Waals surface area contributed by atoms with Crippen LogP contribution in [0, 0.1) is 0 Å². The van der Waals surface area contributed by atoms with Gasteiger partial charge in [0.15, 0.2) is 0 Å². The van der Waals surface area contributed by atoms with Crippen LogP contribution in [-0.4, -0.2) is 23.2 Å². The van der Waals surface area contributed by atoms with E-state index >= 15 is 0 Å². The summed E-state index contributed by atoms with van der Waals surface area (Å²) in [5.74, 6) is 0.0528. The minimum atomic E-state index is -0.710. The molecule has 0 aromatic heterocycles. The van der Waals surface area contributed by atoms with Crippen molar-refractivity contribution < 1.29 is 14.6 Å². The van der Waals surface area contributed by atoms with Gasteiger partial charge in [0.25, 0.3) is 5.91 Å². The highest BCUT2D eigenvalue weighted by molar-refractivity contribution is 5.97. The molecule has 0 radical (unpaired) electrons. The Balaban J connectivity index is 2.04. The highest BCUT2D eigenvalue weighted by Crippen LogP contribution is 2.26. The SMILES string of the molecule is CC1(C(=O)Nc2ccc(O)cc2)CCCO1. The van der Waals surface area contributed by atoms with Crippen LogP contribution in [0.2, 0.25) is 0 Å². The molecule has 1 atom stereocenters. The molecule has 1 fully saturated rings. The van der Waals surface area contributed by atoms with Gasteiger partial charge in [0.05, 0.1) is 0 Å². The Morgan fingerprint density at radius 2 is 2.12 bits per heavy atom. The molecule has 1 amide bonds. The van der Waals surface area contributed by atoms with Crippen molar-refractivity contribution in [2.75, 3.05) is 11.9 Å². The summed E-state index contributed by atoms with van der Waals surface area (Å²) in [6.07, 6.45) is 1.66. The molecule has 0 spiro atoms. The first-order chi connectivity index (χ1) is 7.60. The van der Waals surface area contributed by atoms with E-state index in [1.807, 2.05) is 0 Å². The van der Waals surface area contributed by atoms with E-state index in [1.54, 1.807) is 19.1 Å². The fraction of sp³-hybridized carbons (Fsp3) is 0.417. The average Bonchev–Trinajstić information content (AvgIpc) is 2.70. The van der Waals surface area contributed by atoms with Gasteiger partial charge in [0.1, 0.15) is 11.4 Å². The van der Waals surface area contributed by atoms with Crippen LogP contribution in [0.3, 0.4) is 0 Å². The molecule has 1 saturated heterocycles. The third kappa shape index (κ3) is 2.17. The van der Waals surface area contributed by atoms with Gasteiger partial charge in [-0.3, -0.25) is 4.79 Å². The molecule has 86 valence electrons. The zero-order valence-corrected chi connectivity index (χ0v) is 9.19. The second kappa shape index (κ2) is 4.14. The summed E-state index contributed by atoms with van der Waals surface area (Å²) in [5.41, 5.74) is -0.0442. The fourth-order valence-electron chi connectivity index (χ4n) is 1.77. The molecule has 4 heteroatoms. The highest BCUT2D eigenvalue weighted by atomic mass is 16.5. The first-order valence-electron chi connectivity index (χ1n) is 5.35. The summed E-state index contributed by atoms with van der Waals surface area (Å²) in [6, 6.07) is 6.39. The Kier molecular flexibility index (Phi) is 2.83. The van der Waals surface area contributed by atoms with Crippen LogP contribution in [0.15, 0.2) is 24.3 Å². The van der Waals surface area contributed by atoms with E-state index < -0.39 is 5.60 Å². The Labute approximate surface area is 94.2 Å². The van der Waals surface area contributed by atoms with Gasteiger partial charge >= 0.3 is 0 Å². The molecule has 0 aliphatic carbocycles. The molecule has 1 aromatic carbocycles. The normalized spacial score (nSPS) is 24.3. The van der Waals surface area contributed by atoms with E-state index in [4.69, 9.17) is 9.84 Å². The summed E-state index contributed by atoms with van der Waals surface area (Å²) in [5, 5.41) is 11.9. The number of aromatic hydroxyl groups is 1. The van der Waals surface area contributed by atoms with Gasteiger partial charge < -0.3 is 15.2 Å². The van der Waals surface area contributed by atoms with Gasteiger partial charge in [-0.25, -0.2) is 0 Å². The van der Waals surface area contributed by atoms with Crippen molar-refractivity contribution in [3.63, 3.8) is 0 Å². The van der Waals surface area contributed by atoms with E-state index in [0.717, 1.165) is 12.8 Å². The molecule has 1 aliphatic rings. The van der Waals surface area contributed by atoms with Crippen molar-refractivity contribution in [2.45, 2.75) is 25.4 Å². The topological polar surface area (TPSA) is 58.6 Å². The number of ether oxygens (including phenoxy) is 1. The lowest BCUT2D eigenvalue weighted by molar-refractivity contribution is -0.133. The van der Waals surface area contributed by atoms with Gasteiger partial charge in [-0.05, 0) is 44.0 Å². The summed E-state index contributed by atoms with van der Waals surface area (Å²) < 4.78 is 5.44. The first-order valence-corrected chi connectivity index (χ1v) is 5.35. The summed E-state index contributed by atoms with van der Waals surface area (Å²) in [6.45, 7) is 2.44. The zero-order valence-electron chi connectivity index (χ0n) is 9.19. The number of anilines is 1. The lowest BCUT2D eigenvalue weighted by atomic mass is 10.0. The maximum absolute atomic E-state index is 11.9. The Morgan fingerprint density at radius 3 is 2.69 bits per heavy atom. The minimum Gasteiger partial charge on any atom is -0.508 e. The molecule has 1 heterocycles. The first kappa shape index (κ1) is 11.0. The standard InChI is InChI=1S/C12H15NO3/c1-12(7-2-8-16-12)11(15)13-9-3-5-10(14)6-4-9/h3-6,14H,2,7-8H2,1H3,(H,13,15). The molecule has 2 N–H and O–H groups in total. The maximum atomic E-state index is 11.9. The number of rotatable bonds is 2. The Morgan fingerprint density at radius 1 is 1.44 bits per heavy atom. The number of carbonyl (C=O) groups is 1. The van der Waals surface area contributed by atoms with Crippen LogP contribution in [0.4, 0.5) is 5.69 Å². The second-order valence-corrected chi connectivity index (χ2v) is 4.18. The molecule has 0 bridgehead atoms. The van der Waals surface area contributed by atoms with Crippen LogP contribution in [-0.2, 0) is 9.53 Å². The third-order valence-corrected chi connectivity index (χ3v) is 2.82. The monoisotopic (exact) mass is 221 g/mol. The molecule has 2 rings (SSSR count).